The first-order chi connectivity index (χ1) is 2.00. The van der Waals surface area contributed by atoms with Gasteiger partial charge in [0.2, 0.25) is 0 Å². The zero-order chi connectivity index (χ0) is 4.50. The van der Waals surface area contributed by atoms with Crippen LogP contribution in [0.25, 0.3) is 0 Å². The molecule has 0 saturated heterocycles. The van der Waals surface area contributed by atoms with Crippen molar-refractivity contribution in [2.45, 2.75) is 0 Å². The average molecular weight is 537 g/mol. The van der Waals surface area contributed by atoms with Gasteiger partial charge in [0, 0.05) is 0 Å². The second-order valence-electron chi connectivity index (χ2n) is 0.408. The number of hydrogen-bond donors (Lipinski definition) is 0. The second kappa shape index (κ2) is 5.65. The van der Waals surface area contributed by atoms with Gasteiger partial charge in [-0.05, 0) is 0 Å². The fourth-order valence-electron chi connectivity index (χ4n) is 0. The van der Waals surface area contributed by atoms with Crippen LogP contribution in [0.15, 0.2) is 0 Å². The van der Waals surface area contributed by atoms with Crippen molar-refractivity contribution in [2.24, 2.45) is 0 Å². The number of hydrogen-bond acceptors (Lipinski definition) is 4. The monoisotopic (exact) mass is 538 g/mol. The Morgan fingerprint density at radius 2 is 1.00 bits per heavy atom. The maximum Gasteiger partial charge on any atom is 1.00 e. The van der Waals surface area contributed by atoms with Gasteiger partial charge in [0.1, 0.15) is 0 Å². The van der Waals surface area contributed by atoms with Gasteiger partial charge < -0.3 is 0 Å². The fourth-order valence-corrected chi connectivity index (χ4v) is 0. The molecular weight excluding hydrogens is 537 g/mol. The first kappa shape index (κ1) is 15.8. The van der Waals surface area contributed by atoms with E-state index in [9.17, 15) is 0 Å². The van der Waals surface area contributed by atoms with Crippen molar-refractivity contribution in [3.8, 4) is 0 Å². The van der Waals surface area contributed by atoms with Crippen LogP contribution in [0.3, 0.4) is 0 Å². The number of rotatable bonds is 0. The third-order valence-electron chi connectivity index (χ3n) is 0. The quantitative estimate of drug-likeness (QED) is 0.309. The summed E-state index contributed by atoms with van der Waals surface area (Å²) in [6.07, 6.45) is 0. The summed E-state index contributed by atoms with van der Waals surface area (Å²) in [5.74, 6) is 0. The summed E-state index contributed by atoms with van der Waals surface area (Å²) in [4.78, 5) is 0. The van der Waals surface area contributed by atoms with Crippen molar-refractivity contribution in [3.05, 3.63) is 0 Å². The zero-order valence-corrected chi connectivity index (χ0v) is 8.69. The molecule has 7 heteroatoms. The molecule has 0 fully saturated rings. The molecule has 0 aromatic carbocycles. The van der Waals surface area contributed by atoms with E-state index < -0.39 is 13.4 Å². The molecule has 0 N–H and O–H groups in total. The van der Waals surface area contributed by atoms with Crippen LogP contribution >= 0.6 is 0 Å². The summed E-state index contributed by atoms with van der Waals surface area (Å²) in [5, 5.41) is 0. The van der Waals surface area contributed by atoms with E-state index >= 15 is 0 Å². The van der Waals surface area contributed by atoms with E-state index in [0.717, 1.165) is 0 Å². The molecule has 0 aliphatic rings. The van der Waals surface area contributed by atoms with E-state index in [0.29, 0.717) is 0 Å². The predicted molar refractivity (Wildman–Crippen MR) is 7.13 cm³/mol. The van der Waals surface area contributed by atoms with Gasteiger partial charge in [0.15, 0.2) is 0 Å². The van der Waals surface area contributed by atoms with Gasteiger partial charge in [0.05, 0.1) is 0 Å². The van der Waals surface area contributed by atoms with Gasteiger partial charge >= 0.3 is 74.2 Å². The van der Waals surface area contributed by atoms with Crippen molar-refractivity contribution in [3.63, 3.8) is 0 Å². The first-order valence-corrected chi connectivity index (χ1v) is 3.46. The minimum absolute atomic E-state index is 0. The Kier molecular flexibility index (Phi) is 12.8. The first-order valence-electron chi connectivity index (χ1n) is 0.667. The molecule has 0 aromatic rings. The van der Waals surface area contributed by atoms with Crippen molar-refractivity contribution < 1.29 is 60.8 Å². The largest absolute Gasteiger partial charge is 1.00 e. The third-order valence-corrected chi connectivity index (χ3v) is 0. The van der Waals surface area contributed by atoms with Gasteiger partial charge in [-0.2, -0.15) is 0 Å². The summed E-state index contributed by atoms with van der Waals surface area (Å²) in [6, 6.07) is 0. The molecule has 0 radical (unpaired) electrons. The normalized spacial score (nSPS) is 8.29. The molecule has 52 valence electrons. The van der Waals surface area contributed by atoms with Crippen LogP contribution in [0.2, 0.25) is 0 Å². The minimum atomic E-state index is -5.75. The predicted octanol–water partition coefficient (Wildman–Crippen LogP) is -3.00. The molecular formula is Au2O4Se. The Morgan fingerprint density at radius 3 is 1.00 bits per heavy atom. The van der Waals surface area contributed by atoms with Crippen LogP contribution in [0.1, 0.15) is 0 Å². The molecule has 0 amide bonds. The Labute approximate surface area is 73.6 Å². The minimum Gasteiger partial charge on any atom is 1.00 e. The molecule has 0 aliphatic carbocycles. The van der Waals surface area contributed by atoms with E-state index in [1.807, 2.05) is 0 Å². The van der Waals surface area contributed by atoms with Gasteiger partial charge in [-0.1, -0.05) is 0 Å². The smallest absolute Gasteiger partial charge is 1.00 e. The van der Waals surface area contributed by atoms with Gasteiger partial charge in [-0.3, -0.25) is 0 Å². The van der Waals surface area contributed by atoms with Crippen LogP contribution in [0, 0.1) is 0 Å². The summed E-state index contributed by atoms with van der Waals surface area (Å²) < 4.78 is 34.4. The van der Waals surface area contributed by atoms with Crippen LogP contribution in [0.5, 0.6) is 0 Å². The molecule has 0 spiro atoms. The summed E-state index contributed by atoms with van der Waals surface area (Å²) >= 11 is -5.75. The van der Waals surface area contributed by atoms with Crippen LogP contribution in [0.4, 0.5) is 0 Å². The molecule has 0 aliphatic heterocycles. The maximum atomic E-state index is 8.59. The molecule has 0 bridgehead atoms. The second-order valence-corrected chi connectivity index (χ2v) is 2.12. The van der Waals surface area contributed by atoms with Crippen molar-refractivity contribution in [1.29, 1.82) is 0 Å². The maximum absolute atomic E-state index is 8.59. The molecule has 0 saturated carbocycles. The van der Waals surface area contributed by atoms with Crippen molar-refractivity contribution in [1.82, 2.24) is 0 Å². The Balaban J connectivity index is -0.0000000800. The third kappa shape index (κ3) is 99.2. The molecule has 0 rings (SSSR count). The Hall–Kier alpha value is 1.52. The SMILES string of the molecule is O=[Se](=O)([O-])[O-].[Au+].[Au+]. The molecule has 0 aromatic heterocycles. The van der Waals surface area contributed by atoms with E-state index in [1.165, 1.54) is 0 Å². The summed E-state index contributed by atoms with van der Waals surface area (Å²) in [7, 11) is 0. The summed E-state index contributed by atoms with van der Waals surface area (Å²) in [6.45, 7) is 0. The van der Waals surface area contributed by atoms with E-state index in [1.54, 1.807) is 0 Å². The zero-order valence-electron chi connectivity index (χ0n) is 2.64. The van der Waals surface area contributed by atoms with E-state index in [-0.39, 0.29) is 44.8 Å². The Bertz CT molecular complexity index is 92.9. The van der Waals surface area contributed by atoms with Crippen LogP contribution < -0.4 is 8.38 Å². The van der Waals surface area contributed by atoms with Gasteiger partial charge in [0.25, 0.3) is 0 Å². The van der Waals surface area contributed by atoms with E-state index in [4.69, 9.17) is 16.0 Å². The Morgan fingerprint density at radius 1 is 1.00 bits per heavy atom. The van der Waals surface area contributed by atoms with Gasteiger partial charge in [-0.15, -0.1) is 0 Å². The van der Waals surface area contributed by atoms with Gasteiger partial charge in [-0.25, -0.2) is 0 Å². The summed E-state index contributed by atoms with van der Waals surface area (Å²) in [5.41, 5.74) is 0. The average Bonchev–Trinajstić information content (AvgIpc) is 0.722. The van der Waals surface area contributed by atoms with Crippen LogP contribution in [-0.2, 0) is 52.4 Å². The van der Waals surface area contributed by atoms with E-state index in [2.05, 4.69) is 0 Å². The van der Waals surface area contributed by atoms with Crippen molar-refractivity contribution >= 4 is 13.4 Å². The molecule has 0 unspecified atom stereocenters. The molecule has 0 atom stereocenters. The van der Waals surface area contributed by atoms with Crippen molar-refractivity contribution in [2.75, 3.05) is 0 Å². The molecule has 0 heterocycles. The fraction of sp³-hybridized carbons (Fsp3) is 0. The molecule has 7 heavy (non-hydrogen) atoms. The molecule has 4 nitrogen and oxygen atoms in total. The standard InChI is InChI=1S/2Au.H2O4Se/c;;1-5(2,3)4/h;;(H2,1,2,3,4)/q2*+1;/p-2. The topological polar surface area (TPSA) is 80.3 Å². The van der Waals surface area contributed by atoms with Crippen LogP contribution in [-0.4, -0.2) is 13.4 Å².